The number of ether oxygens (including phenoxy) is 1. The molecule has 1 aromatic carbocycles. The van der Waals surface area contributed by atoms with E-state index in [2.05, 4.69) is 16.5 Å². The van der Waals surface area contributed by atoms with Crippen molar-refractivity contribution in [1.29, 1.82) is 0 Å². The summed E-state index contributed by atoms with van der Waals surface area (Å²) in [6, 6.07) is 7.30. The van der Waals surface area contributed by atoms with Crippen molar-refractivity contribution in [2.75, 3.05) is 12.3 Å². The summed E-state index contributed by atoms with van der Waals surface area (Å²) in [5.74, 6) is 0.286. The molecule has 32 heavy (non-hydrogen) atoms. The van der Waals surface area contributed by atoms with Crippen LogP contribution in [0.5, 0.6) is 0 Å². The molecule has 3 aromatic rings. The molecule has 0 radical (unpaired) electrons. The van der Waals surface area contributed by atoms with E-state index in [0.717, 1.165) is 35.0 Å². The number of nitrogens with two attached hydrogens (primary N) is 1. The number of aromatic nitrogens is 2. The number of rotatable bonds is 5. The van der Waals surface area contributed by atoms with Crippen LogP contribution in [-0.2, 0) is 29.0 Å². The Labute approximate surface area is 189 Å². The van der Waals surface area contributed by atoms with Crippen LogP contribution in [0.4, 0.5) is 5.82 Å². The topological polar surface area (TPSA) is 98.4 Å². The molecule has 1 amide bonds. The zero-order valence-electron chi connectivity index (χ0n) is 17.7. The van der Waals surface area contributed by atoms with Crippen molar-refractivity contribution in [2.24, 2.45) is 0 Å². The van der Waals surface area contributed by atoms with Crippen molar-refractivity contribution in [2.45, 2.75) is 45.1 Å². The van der Waals surface area contributed by atoms with Gasteiger partial charge in [-0.05, 0) is 37.3 Å². The van der Waals surface area contributed by atoms with Crippen LogP contribution in [-0.4, -0.2) is 33.3 Å². The van der Waals surface area contributed by atoms with Gasteiger partial charge in [0.15, 0.2) is 12.4 Å². The highest BCUT2D eigenvalue weighted by molar-refractivity contribution is 7.19. The zero-order chi connectivity index (χ0) is 22.2. The van der Waals surface area contributed by atoms with Crippen LogP contribution in [0.3, 0.4) is 0 Å². The standard InChI is InChI=1S/C24H24N4O3S/c1-14-15-7-5-6-8-16(15)24(30)28(14)12-11-20(29)31-13-19-26-22(25)21-17-9-3-2-4-10-18(17)32-23(21)27-19/h5-8H,1-4,9-13H2,(H2,25,26,27). The summed E-state index contributed by atoms with van der Waals surface area (Å²) in [6.45, 7) is 4.16. The Hall–Kier alpha value is -3.26. The SMILES string of the molecule is C=C1c2ccccc2C(=O)N1CCC(=O)OCc1nc(N)c2c3c(sc2n1)CCCCC3. The number of thiophene rings is 1. The minimum atomic E-state index is -0.425. The van der Waals surface area contributed by atoms with Crippen molar-refractivity contribution in [3.05, 3.63) is 58.2 Å². The highest BCUT2D eigenvalue weighted by Gasteiger charge is 2.30. The van der Waals surface area contributed by atoms with Gasteiger partial charge in [0.1, 0.15) is 10.6 Å². The number of hydrogen-bond acceptors (Lipinski definition) is 7. The summed E-state index contributed by atoms with van der Waals surface area (Å²) in [5.41, 5.74) is 9.57. The molecule has 0 spiro atoms. The van der Waals surface area contributed by atoms with Crippen LogP contribution >= 0.6 is 11.3 Å². The molecule has 7 nitrogen and oxygen atoms in total. The average Bonchev–Trinajstić information content (AvgIpc) is 3.14. The van der Waals surface area contributed by atoms with Crippen LogP contribution in [0.2, 0.25) is 0 Å². The largest absolute Gasteiger partial charge is 0.457 e. The first kappa shape index (κ1) is 20.6. The third-order valence-corrected chi connectivity index (χ3v) is 7.27. The average molecular weight is 449 g/mol. The van der Waals surface area contributed by atoms with Crippen molar-refractivity contribution < 1.29 is 14.3 Å². The second-order valence-electron chi connectivity index (χ2n) is 8.13. The van der Waals surface area contributed by atoms with E-state index in [9.17, 15) is 9.59 Å². The summed E-state index contributed by atoms with van der Waals surface area (Å²) in [6.07, 6.45) is 5.72. The second kappa shape index (κ2) is 8.35. The van der Waals surface area contributed by atoms with Crippen LogP contribution in [0, 0.1) is 0 Å². The lowest BCUT2D eigenvalue weighted by Gasteiger charge is -2.16. The quantitative estimate of drug-likeness (QED) is 0.466. The van der Waals surface area contributed by atoms with E-state index >= 15 is 0 Å². The number of anilines is 1. The molecule has 0 atom stereocenters. The number of amides is 1. The normalized spacial score (nSPS) is 15.6. The van der Waals surface area contributed by atoms with Crippen molar-refractivity contribution in [3.8, 4) is 0 Å². The van der Waals surface area contributed by atoms with E-state index in [1.165, 1.54) is 28.2 Å². The van der Waals surface area contributed by atoms with Gasteiger partial charge >= 0.3 is 5.97 Å². The lowest BCUT2D eigenvalue weighted by molar-refractivity contribution is -0.145. The number of carbonyl (C=O) groups is 2. The van der Waals surface area contributed by atoms with Crippen LogP contribution in [0.25, 0.3) is 15.9 Å². The van der Waals surface area contributed by atoms with Gasteiger partial charge in [-0.3, -0.25) is 9.59 Å². The van der Waals surface area contributed by atoms with E-state index in [-0.39, 0.29) is 25.5 Å². The Bertz CT molecular complexity index is 1210. The molecule has 0 fully saturated rings. The molecule has 2 aliphatic rings. The number of nitrogens with zero attached hydrogens (tertiary/aromatic N) is 3. The maximum Gasteiger partial charge on any atom is 0.308 e. The number of esters is 1. The number of aryl methyl sites for hydroxylation is 2. The molecule has 2 N–H and O–H groups in total. The smallest absolute Gasteiger partial charge is 0.308 e. The minimum Gasteiger partial charge on any atom is -0.457 e. The molecule has 2 aromatic heterocycles. The Kier molecular flexibility index (Phi) is 5.38. The minimum absolute atomic E-state index is 0.0450. The van der Waals surface area contributed by atoms with Crippen molar-refractivity contribution in [1.82, 2.24) is 14.9 Å². The van der Waals surface area contributed by atoms with Gasteiger partial charge in [0.05, 0.1) is 11.8 Å². The summed E-state index contributed by atoms with van der Waals surface area (Å²) in [7, 11) is 0. The van der Waals surface area contributed by atoms with Gasteiger partial charge in [-0.2, -0.15) is 0 Å². The van der Waals surface area contributed by atoms with Gasteiger partial charge in [0.2, 0.25) is 0 Å². The third-order valence-electron chi connectivity index (χ3n) is 6.08. The number of hydrogen-bond donors (Lipinski definition) is 1. The Morgan fingerprint density at radius 1 is 1.16 bits per heavy atom. The van der Waals surface area contributed by atoms with Crippen LogP contribution < -0.4 is 5.73 Å². The number of fused-ring (bicyclic) bond motifs is 4. The molecular formula is C24H24N4O3S. The molecule has 0 saturated heterocycles. The Morgan fingerprint density at radius 2 is 1.94 bits per heavy atom. The first-order valence-electron chi connectivity index (χ1n) is 10.9. The lowest BCUT2D eigenvalue weighted by Crippen LogP contribution is -2.26. The second-order valence-corrected chi connectivity index (χ2v) is 9.21. The first-order valence-corrected chi connectivity index (χ1v) is 11.7. The van der Waals surface area contributed by atoms with Gasteiger partial charge in [-0.15, -0.1) is 11.3 Å². The predicted molar refractivity (Wildman–Crippen MR) is 124 cm³/mol. The Balaban J connectivity index is 1.22. The number of carbonyl (C=O) groups excluding carboxylic acids is 2. The third kappa shape index (κ3) is 3.64. The molecule has 0 unspecified atom stereocenters. The highest BCUT2D eigenvalue weighted by Crippen LogP contribution is 2.37. The molecule has 5 rings (SSSR count). The van der Waals surface area contributed by atoms with Gasteiger partial charge < -0.3 is 15.4 Å². The van der Waals surface area contributed by atoms with Gasteiger partial charge in [0.25, 0.3) is 5.91 Å². The fraction of sp³-hybridized carbons (Fsp3) is 0.333. The molecule has 8 heteroatoms. The maximum atomic E-state index is 12.5. The summed E-state index contributed by atoms with van der Waals surface area (Å²) in [5, 5.41) is 0.965. The van der Waals surface area contributed by atoms with E-state index in [4.69, 9.17) is 10.5 Å². The van der Waals surface area contributed by atoms with E-state index in [0.29, 0.717) is 22.9 Å². The summed E-state index contributed by atoms with van der Waals surface area (Å²) >= 11 is 1.67. The van der Waals surface area contributed by atoms with E-state index in [1.54, 1.807) is 17.4 Å². The first-order chi connectivity index (χ1) is 15.5. The van der Waals surface area contributed by atoms with Crippen molar-refractivity contribution >= 4 is 44.9 Å². The van der Waals surface area contributed by atoms with Crippen LogP contribution in [0.1, 0.15) is 57.9 Å². The Morgan fingerprint density at radius 3 is 2.75 bits per heavy atom. The van der Waals surface area contributed by atoms with E-state index < -0.39 is 5.97 Å². The molecule has 0 bridgehead atoms. The maximum absolute atomic E-state index is 12.5. The monoisotopic (exact) mass is 448 g/mol. The lowest BCUT2D eigenvalue weighted by atomic mass is 10.1. The molecular weight excluding hydrogens is 424 g/mol. The molecule has 0 saturated carbocycles. The number of nitrogen functional groups attached to an aromatic ring is 1. The molecule has 1 aliphatic carbocycles. The van der Waals surface area contributed by atoms with Crippen LogP contribution in [0.15, 0.2) is 30.8 Å². The molecule has 1 aliphatic heterocycles. The highest BCUT2D eigenvalue weighted by atomic mass is 32.1. The predicted octanol–water partition coefficient (Wildman–Crippen LogP) is 4.10. The number of benzene rings is 1. The fourth-order valence-corrected chi connectivity index (χ4v) is 5.75. The molecule has 3 heterocycles. The summed E-state index contributed by atoms with van der Waals surface area (Å²) < 4.78 is 5.38. The van der Waals surface area contributed by atoms with Gasteiger partial charge in [-0.25, -0.2) is 9.97 Å². The summed E-state index contributed by atoms with van der Waals surface area (Å²) in [4.78, 5) is 37.6. The van der Waals surface area contributed by atoms with Gasteiger partial charge in [-0.1, -0.05) is 31.2 Å². The van der Waals surface area contributed by atoms with Gasteiger partial charge in [0, 0.05) is 28.2 Å². The van der Waals surface area contributed by atoms with E-state index in [1.807, 2.05) is 18.2 Å². The fourth-order valence-electron chi connectivity index (χ4n) is 4.46. The van der Waals surface area contributed by atoms with Crippen molar-refractivity contribution in [3.63, 3.8) is 0 Å². The molecule has 164 valence electrons. The zero-order valence-corrected chi connectivity index (χ0v) is 18.5.